The van der Waals surface area contributed by atoms with Gasteiger partial charge in [-0.05, 0) is 83.1 Å². The standard InChI is InChI=1S/C60H42N4O/c1-3-15-39(16-4-1)41-29-31-42(32-30-41)52-24-14-25-53(44-33-34-49-48-23-9-12-28-56(48)65-57(49)38-44)62-60(61-52)64-55-27-11-8-22-47(55)51-36-35-50-46-21-7-10-26-54(46)63(58(50)59(51)64)45-20-13-19-43(37-45)40-17-5-2-6-18-40/h1-13,15-23,25-38,52H,14,24H2,(H,61,62)/b53-25-. The summed E-state index contributed by atoms with van der Waals surface area (Å²) in [5, 5.41) is 11.1. The molecule has 1 unspecified atom stereocenters. The topological polar surface area (TPSA) is 47.4 Å². The predicted molar refractivity (Wildman–Crippen MR) is 271 cm³/mol. The second-order valence-corrected chi connectivity index (χ2v) is 17.1. The van der Waals surface area contributed by atoms with Crippen LogP contribution in [-0.4, -0.2) is 15.1 Å². The van der Waals surface area contributed by atoms with Gasteiger partial charge in [-0.25, -0.2) is 4.99 Å². The van der Waals surface area contributed by atoms with E-state index in [2.05, 4.69) is 221 Å². The van der Waals surface area contributed by atoms with Crippen LogP contribution < -0.4 is 5.32 Å². The van der Waals surface area contributed by atoms with E-state index in [0.29, 0.717) is 0 Å². The van der Waals surface area contributed by atoms with E-state index in [1.54, 1.807) is 0 Å². The molecule has 1 aliphatic heterocycles. The number of hydrogen-bond acceptors (Lipinski definition) is 3. The van der Waals surface area contributed by atoms with Crippen molar-refractivity contribution in [1.82, 2.24) is 14.5 Å². The molecule has 5 nitrogen and oxygen atoms in total. The lowest BCUT2D eigenvalue weighted by molar-refractivity contribution is 0.588. The first kappa shape index (κ1) is 37.2. The maximum atomic E-state index is 6.44. The summed E-state index contributed by atoms with van der Waals surface area (Å²) in [4.78, 5) is 5.75. The number of nitrogens with zero attached hydrogens (tertiary/aromatic N) is 3. The van der Waals surface area contributed by atoms with Gasteiger partial charge in [-0.2, -0.15) is 0 Å². The van der Waals surface area contributed by atoms with Crippen LogP contribution in [0.4, 0.5) is 0 Å². The van der Waals surface area contributed by atoms with Crippen molar-refractivity contribution in [2.75, 3.05) is 0 Å². The molecule has 13 rings (SSSR count). The van der Waals surface area contributed by atoms with Gasteiger partial charge in [-0.1, -0.05) is 176 Å². The van der Waals surface area contributed by atoms with Crippen molar-refractivity contribution in [3.8, 4) is 27.9 Å². The lowest BCUT2D eigenvalue weighted by atomic mass is 9.97. The average molecular weight is 835 g/mol. The number of benzene rings is 9. The molecule has 5 heteroatoms. The lowest BCUT2D eigenvalue weighted by Crippen LogP contribution is -2.34. The second kappa shape index (κ2) is 15.1. The Kier molecular flexibility index (Phi) is 8.66. The summed E-state index contributed by atoms with van der Waals surface area (Å²) in [6.07, 6.45) is 4.02. The predicted octanol–water partition coefficient (Wildman–Crippen LogP) is 15.5. The fourth-order valence-corrected chi connectivity index (χ4v) is 10.2. The van der Waals surface area contributed by atoms with E-state index in [0.717, 1.165) is 79.8 Å². The number of rotatable bonds is 5. The molecule has 65 heavy (non-hydrogen) atoms. The van der Waals surface area contributed by atoms with Crippen molar-refractivity contribution in [3.05, 3.63) is 230 Å². The van der Waals surface area contributed by atoms with E-state index in [-0.39, 0.29) is 6.04 Å². The van der Waals surface area contributed by atoms with Crippen molar-refractivity contribution in [2.45, 2.75) is 18.9 Å². The third-order valence-corrected chi connectivity index (χ3v) is 13.3. The summed E-state index contributed by atoms with van der Waals surface area (Å²) in [5.74, 6) is 0.770. The van der Waals surface area contributed by atoms with Gasteiger partial charge in [0.15, 0.2) is 0 Å². The van der Waals surface area contributed by atoms with Gasteiger partial charge in [-0.3, -0.25) is 4.57 Å². The third kappa shape index (κ3) is 6.19. The molecule has 308 valence electrons. The molecule has 0 radical (unpaired) electrons. The van der Waals surface area contributed by atoms with Gasteiger partial charge in [0.1, 0.15) is 11.2 Å². The Bertz CT molecular complexity index is 3850. The molecular weight excluding hydrogens is 793 g/mol. The Morgan fingerprint density at radius 1 is 0.431 bits per heavy atom. The highest BCUT2D eigenvalue weighted by Gasteiger charge is 2.26. The highest BCUT2D eigenvalue weighted by atomic mass is 16.3. The third-order valence-electron chi connectivity index (χ3n) is 13.3. The normalized spacial score (nSPS) is 16.1. The Morgan fingerprint density at radius 3 is 1.72 bits per heavy atom. The molecule has 12 aromatic rings. The minimum Gasteiger partial charge on any atom is -0.456 e. The summed E-state index contributed by atoms with van der Waals surface area (Å²) in [5.41, 5.74) is 15.2. The molecule has 3 aromatic heterocycles. The number of furan rings is 1. The summed E-state index contributed by atoms with van der Waals surface area (Å²) >= 11 is 0. The molecule has 0 bridgehead atoms. The number of aromatic nitrogens is 2. The van der Waals surface area contributed by atoms with Crippen molar-refractivity contribution < 1.29 is 4.42 Å². The van der Waals surface area contributed by atoms with E-state index in [1.807, 2.05) is 12.1 Å². The van der Waals surface area contributed by atoms with Crippen LogP contribution in [0.2, 0.25) is 0 Å². The maximum absolute atomic E-state index is 6.44. The van der Waals surface area contributed by atoms with E-state index < -0.39 is 0 Å². The summed E-state index contributed by atoms with van der Waals surface area (Å²) in [6, 6.07) is 76.2. The first-order chi connectivity index (χ1) is 32.2. The highest BCUT2D eigenvalue weighted by molar-refractivity contribution is 6.26. The van der Waals surface area contributed by atoms with E-state index in [9.17, 15) is 0 Å². The summed E-state index contributed by atoms with van der Waals surface area (Å²) in [6.45, 7) is 0. The minimum atomic E-state index is -0.0157. The van der Waals surface area contributed by atoms with Crippen molar-refractivity contribution in [2.24, 2.45) is 4.99 Å². The molecule has 0 amide bonds. The van der Waals surface area contributed by atoms with E-state index in [1.165, 1.54) is 49.4 Å². The summed E-state index contributed by atoms with van der Waals surface area (Å²) < 4.78 is 11.3. The largest absolute Gasteiger partial charge is 0.456 e. The second-order valence-electron chi connectivity index (χ2n) is 17.1. The zero-order valence-corrected chi connectivity index (χ0v) is 35.5. The van der Waals surface area contributed by atoms with Gasteiger partial charge in [0.2, 0.25) is 5.96 Å². The fraction of sp³-hybridized carbons (Fsp3) is 0.0500. The van der Waals surface area contributed by atoms with Crippen molar-refractivity contribution in [3.63, 3.8) is 0 Å². The van der Waals surface area contributed by atoms with Crippen LogP contribution in [-0.2, 0) is 0 Å². The molecule has 1 N–H and O–H groups in total. The van der Waals surface area contributed by atoms with Gasteiger partial charge in [-0.15, -0.1) is 0 Å². The number of aliphatic imine (C=N–C) groups is 1. The zero-order valence-electron chi connectivity index (χ0n) is 35.5. The molecule has 0 spiro atoms. The maximum Gasteiger partial charge on any atom is 0.209 e. The van der Waals surface area contributed by atoms with Crippen LogP contribution in [0.5, 0.6) is 0 Å². The first-order valence-corrected chi connectivity index (χ1v) is 22.5. The fourth-order valence-electron chi connectivity index (χ4n) is 10.2. The quantitative estimate of drug-likeness (QED) is 0.188. The van der Waals surface area contributed by atoms with Crippen LogP contribution >= 0.6 is 0 Å². The van der Waals surface area contributed by atoms with E-state index in [4.69, 9.17) is 9.41 Å². The van der Waals surface area contributed by atoms with Gasteiger partial charge >= 0.3 is 0 Å². The van der Waals surface area contributed by atoms with Crippen LogP contribution in [0, 0.1) is 0 Å². The number of hydrogen-bond donors (Lipinski definition) is 1. The molecule has 0 saturated heterocycles. The lowest BCUT2D eigenvalue weighted by Gasteiger charge is -2.25. The van der Waals surface area contributed by atoms with Gasteiger partial charge in [0.05, 0.1) is 33.8 Å². The Hall–Kier alpha value is -8.41. The Labute approximate surface area is 375 Å². The number of fused-ring (bicyclic) bond motifs is 10. The Morgan fingerprint density at radius 2 is 0.985 bits per heavy atom. The average Bonchev–Trinajstić information content (AvgIpc) is 4.02. The molecule has 0 saturated carbocycles. The van der Waals surface area contributed by atoms with Crippen LogP contribution in [0.1, 0.15) is 30.0 Å². The Balaban J connectivity index is 1.07. The van der Waals surface area contributed by atoms with Crippen LogP contribution in [0.15, 0.2) is 228 Å². The SMILES string of the molecule is C1=C(c2ccc3c(c2)oc2ccccc23)\N=C(\n2c3ccccc3c3ccc4c5ccccc5n(-c5cccc(-c6ccccc6)c5)c4c32)NC(c2ccc(-c3ccccc3)cc2)CC/1. The minimum absolute atomic E-state index is 0.0157. The summed E-state index contributed by atoms with van der Waals surface area (Å²) in [7, 11) is 0. The molecule has 4 heterocycles. The molecule has 1 atom stereocenters. The monoisotopic (exact) mass is 834 g/mol. The molecule has 0 aliphatic carbocycles. The van der Waals surface area contributed by atoms with Crippen molar-refractivity contribution in [1.29, 1.82) is 0 Å². The number of para-hydroxylation sites is 3. The highest BCUT2D eigenvalue weighted by Crippen LogP contribution is 2.42. The number of nitrogens with one attached hydrogen (secondary N) is 1. The first-order valence-electron chi connectivity index (χ1n) is 22.5. The van der Waals surface area contributed by atoms with Crippen LogP contribution in [0.3, 0.4) is 0 Å². The van der Waals surface area contributed by atoms with Crippen LogP contribution in [0.25, 0.3) is 99.2 Å². The van der Waals surface area contributed by atoms with Gasteiger partial charge < -0.3 is 14.3 Å². The van der Waals surface area contributed by atoms with Gasteiger partial charge in [0.25, 0.3) is 0 Å². The molecule has 1 aliphatic rings. The molecule has 9 aromatic carbocycles. The molecule has 0 fully saturated rings. The number of allylic oxidation sites excluding steroid dienone is 1. The van der Waals surface area contributed by atoms with Crippen molar-refractivity contribution >= 4 is 77.2 Å². The zero-order chi connectivity index (χ0) is 42.8. The van der Waals surface area contributed by atoms with E-state index >= 15 is 0 Å². The van der Waals surface area contributed by atoms with Gasteiger partial charge in [0, 0.05) is 43.6 Å². The molecular formula is C60H42N4O. The smallest absolute Gasteiger partial charge is 0.209 e.